The van der Waals surface area contributed by atoms with E-state index in [1.165, 1.54) is 0 Å². The Balaban J connectivity index is 1.42. The van der Waals surface area contributed by atoms with Gasteiger partial charge in [0.1, 0.15) is 5.58 Å². The lowest BCUT2D eigenvalue weighted by molar-refractivity contribution is 0.666. The minimum atomic E-state index is -4.05. The Hall–Kier alpha value is -7.40. The third-order valence-corrected chi connectivity index (χ3v) is 15.3. The number of para-hydroxylation sites is 4. The third kappa shape index (κ3) is 4.61. The van der Waals surface area contributed by atoms with Crippen molar-refractivity contribution in [2.45, 2.75) is 0 Å². The van der Waals surface area contributed by atoms with E-state index in [1.54, 1.807) is 54.6 Å². The van der Waals surface area contributed by atoms with Crippen molar-refractivity contribution in [3.05, 3.63) is 218 Å². The normalized spacial score (nSPS) is 17.2. The summed E-state index contributed by atoms with van der Waals surface area (Å²) in [5, 5.41) is -0.567. The second-order valence-corrected chi connectivity index (χ2v) is 17.4. The monoisotopic (exact) mass is 777 g/mol. The van der Waals surface area contributed by atoms with Gasteiger partial charge in [-0.05, 0) is 63.0 Å². The molecule has 0 aliphatic carbocycles. The maximum Gasteiger partial charge on any atom is 0.179 e. The second-order valence-electron chi connectivity index (χ2n) is 13.6. The van der Waals surface area contributed by atoms with Crippen molar-refractivity contribution < 1.29 is 33.2 Å². The van der Waals surface area contributed by atoms with E-state index in [1.807, 2.05) is 36.4 Å². The second kappa shape index (κ2) is 12.8. The maximum absolute atomic E-state index is 10.7. The number of furan rings is 1. The quantitative estimate of drug-likeness (QED) is 0.122. The molecule has 58 heavy (non-hydrogen) atoms. The fraction of sp³-hybridized carbons (Fsp3) is 0. The molecule has 12 aromatic rings. The van der Waals surface area contributed by atoms with Crippen LogP contribution in [0.4, 0.5) is 0 Å². The van der Waals surface area contributed by atoms with Crippen molar-refractivity contribution in [3.63, 3.8) is 0 Å². The fourth-order valence-electron chi connectivity index (χ4n) is 8.40. The summed E-state index contributed by atoms with van der Waals surface area (Å²) in [4.78, 5) is 0. The minimum absolute atomic E-state index is 0.0191. The number of aromatic nitrogens is 2. The Labute approximate surface area is 365 Å². The molecular weight excluding hydrogens is 721 g/mol. The molecule has 0 amide bonds. The van der Waals surface area contributed by atoms with E-state index < -0.39 is 207 Å². The first kappa shape index (κ1) is 18.2. The summed E-state index contributed by atoms with van der Waals surface area (Å²) < 4.78 is 205. The van der Waals surface area contributed by atoms with E-state index in [-0.39, 0.29) is 10.6 Å². The van der Waals surface area contributed by atoms with E-state index in [4.69, 9.17) is 18.1 Å². The number of fused-ring (bicyclic) bond motifs is 10. The summed E-state index contributed by atoms with van der Waals surface area (Å²) in [7, 11) is -4.05. The molecule has 0 radical (unpaired) electrons. The Bertz CT molecular complexity index is 4560. The van der Waals surface area contributed by atoms with Gasteiger partial charge in [-0.15, -0.1) is 0 Å². The smallest absolute Gasteiger partial charge is 0.179 e. The number of hydrogen-bond donors (Lipinski definition) is 0. The summed E-state index contributed by atoms with van der Waals surface area (Å²) >= 11 is 0. The van der Waals surface area contributed by atoms with Crippen LogP contribution in [0.15, 0.2) is 222 Å². The van der Waals surface area contributed by atoms with Crippen LogP contribution in [-0.4, -0.2) is 17.2 Å². The zero-order valence-electron chi connectivity index (χ0n) is 51.0. The molecule has 0 bridgehead atoms. The first-order valence-corrected chi connectivity index (χ1v) is 20.2. The molecule has 3 aromatic heterocycles. The topological polar surface area (TPSA) is 23.0 Å². The zero-order chi connectivity index (χ0) is 56.5. The van der Waals surface area contributed by atoms with Crippen molar-refractivity contribution in [1.82, 2.24) is 9.13 Å². The fourth-order valence-corrected chi connectivity index (χ4v) is 12.9. The maximum atomic E-state index is 10.7. The lowest BCUT2D eigenvalue weighted by Crippen LogP contribution is -2.74. The first-order valence-electron chi connectivity index (χ1n) is 28.7. The predicted molar refractivity (Wildman–Crippen MR) is 246 cm³/mol. The van der Waals surface area contributed by atoms with Crippen LogP contribution in [0.5, 0.6) is 0 Å². The summed E-state index contributed by atoms with van der Waals surface area (Å²) in [6.45, 7) is 0. The van der Waals surface area contributed by atoms with E-state index in [9.17, 15) is 15.1 Å². The van der Waals surface area contributed by atoms with Gasteiger partial charge in [0.2, 0.25) is 0 Å². The zero-order valence-corrected chi connectivity index (χ0v) is 31.0. The molecule has 0 saturated carbocycles. The molecule has 12 rings (SSSR count). The average molecular weight is 778 g/mol. The van der Waals surface area contributed by atoms with Crippen LogP contribution in [0.3, 0.4) is 0 Å². The SMILES string of the molecule is [2H]c1c([2H])c(-n2c3c([2H])c([2H])c([2H])c([2H])c3c3c([2H])c(-n4c5c([2H])c([2H])c([2H])c([2H])c5c5c([2H])c([2H])c([2H])c([2H])c54)c4oc5c([2H])c([2H])c([2H])c([2H])c5c4c32)c([2H])c([Si](c2ccccc2)(c2ccccc2)c2ccccc2)c1[2H]. The molecule has 0 aliphatic rings. The van der Waals surface area contributed by atoms with E-state index in [2.05, 4.69) is 0 Å². The van der Waals surface area contributed by atoms with Crippen molar-refractivity contribution >= 4 is 94.4 Å². The number of nitrogens with zero attached hydrogens (tertiary/aromatic N) is 2. The molecule has 9 aromatic carbocycles. The largest absolute Gasteiger partial charge is 0.454 e. The van der Waals surface area contributed by atoms with Crippen LogP contribution in [0.1, 0.15) is 28.8 Å². The molecule has 0 aliphatic heterocycles. The van der Waals surface area contributed by atoms with E-state index in [0.29, 0.717) is 15.6 Å². The van der Waals surface area contributed by atoms with Gasteiger partial charge in [-0.3, -0.25) is 0 Å². The standard InChI is InChI=1S/C54H36N2OSi/c1-4-20-38(21-5-1)58(39-22-6-2-7-23-39,40-24-8-3-9-25-40)41-26-18-19-37(35-41)55-47-31-14-12-29-44(47)46-36-50(54-52(53(46)55)45-30-13-17-34-51(45)57-54)56-48-32-15-10-27-42(48)43-28-11-16-33-49(43)56/h1-36H/i10D,11D,12D,13D,14D,15D,16D,17D,18D,19D,26D,27D,28D,29D,30D,31D,32D,33D,34D,35D,36D. The lowest BCUT2D eigenvalue weighted by Gasteiger charge is -2.34. The van der Waals surface area contributed by atoms with Crippen molar-refractivity contribution in [2.24, 2.45) is 0 Å². The summed E-state index contributed by atoms with van der Waals surface area (Å²) in [6, 6.07) is 11.5. The molecule has 0 atom stereocenters. The predicted octanol–water partition coefficient (Wildman–Crippen LogP) is 11.2. The van der Waals surface area contributed by atoms with Gasteiger partial charge in [-0.2, -0.15) is 0 Å². The highest BCUT2D eigenvalue weighted by molar-refractivity contribution is 7.19. The summed E-state index contributed by atoms with van der Waals surface area (Å²) in [5.41, 5.74) is -4.09. The highest BCUT2D eigenvalue weighted by Crippen LogP contribution is 2.45. The molecule has 0 unspecified atom stereocenters. The van der Waals surface area contributed by atoms with Crippen molar-refractivity contribution in [1.29, 1.82) is 0 Å². The molecule has 0 fully saturated rings. The highest BCUT2D eigenvalue weighted by atomic mass is 28.3. The Morgan fingerprint density at radius 2 is 0.897 bits per heavy atom. The Morgan fingerprint density at radius 1 is 0.414 bits per heavy atom. The lowest BCUT2D eigenvalue weighted by atomic mass is 10.1. The van der Waals surface area contributed by atoms with Gasteiger partial charge >= 0.3 is 0 Å². The van der Waals surface area contributed by atoms with Gasteiger partial charge in [-0.1, -0.05) is 176 Å². The molecule has 3 nitrogen and oxygen atoms in total. The number of benzene rings is 9. The van der Waals surface area contributed by atoms with Crippen molar-refractivity contribution in [3.8, 4) is 11.4 Å². The summed E-state index contributed by atoms with van der Waals surface area (Å²) in [6.07, 6.45) is 0. The van der Waals surface area contributed by atoms with Crippen LogP contribution in [-0.2, 0) is 0 Å². The van der Waals surface area contributed by atoms with Gasteiger partial charge < -0.3 is 13.6 Å². The van der Waals surface area contributed by atoms with Crippen LogP contribution < -0.4 is 20.7 Å². The number of rotatable bonds is 6. The van der Waals surface area contributed by atoms with Crippen LogP contribution in [0, 0.1) is 0 Å². The van der Waals surface area contributed by atoms with Crippen LogP contribution in [0.25, 0.3) is 76.9 Å². The summed E-state index contributed by atoms with van der Waals surface area (Å²) in [5.74, 6) is 0. The van der Waals surface area contributed by atoms with E-state index in [0.717, 1.165) is 9.13 Å². The van der Waals surface area contributed by atoms with Crippen molar-refractivity contribution in [2.75, 3.05) is 0 Å². The first-order chi connectivity index (χ1) is 37.5. The number of hydrogen-bond acceptors (Lipinski definition) is 1. The molecule has 272 valence electrons. The third-order valence-electron chi connectivity index (χ3n) is 10.7. The van der Waals surface area contributed by atoms with Gasteiger partial charge in [0.05, 0.1) is 61.9 Å². The molecule has 4 heteroatoms. The van der Waals surface area contributed by atoms with Crippen LogP contribution >= 0.6 is 0 Å². The Morgan fingerprint density at radius 3 is 1.47 bits per heavy atom. The van der Waals surface area contributed by atoms with Gasteiger partial charge in [0.15, 0.2) is 13.7 Å². The van der Waals surface area contributed by atoms with Gasteiger partial charge in [0.25, 0.3) is 0 Å². The molecule has 3 heterocycles. The molecule has 0 N–H and O–H groups in total. The molecule has 0 saturated heterocycles. The molecular formula is C54H36N2OSi. The molecule has 0 spiro atoms. The minimum Gasteiger partial charge on any atom is -0.454 e. The highest BCUT2D eigenvalue weighted by Gasteiger charge is 2.41. The van der Waals surface area contributed by atoms with Gasteiger partial charge in [-0.25, -0.2) is 0 Å². The average Bonchev–Trinajstić information content (AvgIpc) is 3.00. The van der Waals surface area contributed by atoms with Gasteiger partial charge in [0, 0.05) is 32.6 Å². The van der Waals surface area contributed by atoms with Crippen LogP contribution in [0.2, 0.25) is 0 Å². The Kier molecular flexibility index (Phi) is 4.03. The van der Waals surface area contributed by atoms with E-state index >= 15 is 0 Å².